The van der Waals surface area contributed by atoms with Gasteiger partial charge < -0.3 is 16.0 Å². The lowest BCUT2D eigenvalue weighted by molar-refractivity contribution is -0.119. The fraction of sp³-hybridized carbons (Fsp3) is 0.190. The summed E-state index contributed by atoms with van der Waals surface area (Å²) in [6, 6.07) is 17.6. The SMILES string of the molecule is NC(=O)[C@@H]1CCCN1c1cc(-c2ccnc(Nc3ccccc3)c2)ccn1. The van der Waals surface area contributed by atoms with Gasteiger partial charge in [-0.15, -0.1) is 0 Å². The maximum absolute atomic E-state index is 11.7. The van der Waals surface area contributed by atoms with Crippen molar-refractivity contribution in [3.8, 4) is 11.1 Å². The summed E-state index contributed by atoms with van der Waals surface area (Å²) in [5.74, 6) is 1.26. The molecule has 1 amide bonds. The number of primary amides is 1. The molecule has 0 unspecified atom stereocenters. The molecule has 0 radical (unpaired) electrons. The van der Waals surface area contributed by atoms with E-state index < -0.39 is 0 Å². The van der Waals surface area contributed by atoms with Crippen molar-refractivity contribution in [1.82, 2.24) is 9.97 Å². The minimum absolute atomic E-state index is 0.277. The molecule has 6 heteroatoms. The number of hydrogen-bond acceptors (Lipinski definition) is 5. The number of nitrogens with two attached hydrogens (primary N) is 1. The highest BCUT2D eigenvalue weighted by Crippen LogP contribution is 2.29. The second-order valence-electron chi connectivity index (χ2n) is 6.58. The van der Waals surface area contributed by atoms with E-state index in [1.807, 2.05) is 59.5 Å². The lowest BCUT2D eigenvalue weighted by Gasteiger charge is -2.23. The number of carbonyl (C=O) groups excluding carboxylic acids is 1. The molecule has 0 aliphatic carbocycles. The molecule has 1 aliphatic rings. The van der Waals surface area contributed by atoms with Crippen molar-refractivity contribution in [1.29, 1.82) is 0 Å². The molecule has 27 heavy (non-hydrogen) atoms. The zero-order chi connectivity index (χ0) is 18.6. The molecule has 1 aliphatic heterocycles. The molecule has 4 rings (SSSR count). The monoisotopic (exact) mass is 359 g/mol. The van der Waals surface area contributed by atoms with Crippen molar-refractivity contribution in [3.05, 3.63) is 67.0 Å². The highest BCUT2D eigenvalue weighted by Gasteiger charge is 2.30. The van der Waals surface area contributed by atoms with E-state index >= 15 is 0 Å². The van der Waals surface area contributed by atoms with E-state index in [1.165, 1.54) is 0 Å². The van der Waals surface area contributed by atoms with E-state index in [4.69, 9.17) is 5.73 Å². The van der Waals surface area contributed by atoms with E-state index in [0.29, 0.717) is 0 Å². The van der Waals surface area contributed by atoms with Crippen LogP contribution in [0.2, 0.25) is 0 Å². The molecule has 136 valence electrons. The summed E-state index contributed by atoms with van der Waals surface area (Å²) in [6.45, 7) is 0.793. The first-order chi connectivity index (χ1) is 13.2. The number of nitrogens with zero attached hydrogens (tertiary/aromatic N) is 3. The van der Waals surface area contributed by atoms with Crippen LogP contribution in [0.4, 0.5) is 17.3 Å². The van der Waals surface area contributed by atoms with Gasteiger partial charge in [0.05, 0.1) is 0 Å². The van der Waals surface area contributed by atoms with Gasteiger partial charge in [-0.2, -0.15) is 0 Å². The van der Waals surface area contributed by atoms with Gasteiger partial charge in [-0.1, -0.05) is 18.2 Å². The van der Waals surface area contributed by atoms with Crippen molar-refractivity contribution in [2.24, 2.45) is 5.73 Å². The van der Waals surface area contributed by atoms with E-state index in [0.717, 1.165) is 47.8 Å². The summed E-state index contributed by atoms with van der Waals surface area (Å²) in [4.78, 5) is 22.5. The Kier molecular flexibility index (Phi) is 4.70. The van der Waals surface area contributed by atoms with Crippen LogP contribution in [0.5, 0.6) is 0 Å². The predicted octanol–water partition coefficient (Wildman–Crippen LogP) is 3.34. The minimum Gasteiger partial charge on any atom is -0.368 e. The fourth-order valence-electron chi connectivity index (χ4n) is 3.44. The summed E-state index contributed by atoms with van der Waals surface area (Å²) in [5.41, 5.74) is 8.58. The third kappa shape index (κ3) is 3.74. The molecular formula is C21H21N5O. The Morgan fingerprint density at radius 3 is 2.56 bits per heavy atom. The summed E-state index contributed by atoms with van der Waals surface area (Å²) < 4.78 is 0. The maximum Gasteiger partial charge on any atom is 0.240 e. The quantitative estimate of drug-likeness (QED) is 0.730. The zero-order valence-electron chi connectivity index (χ0n) is 14.9. The number of benzene rings is 1. The number of amides is 1. The molecule has 1 atom stereocenters. The van der Waals surface area contributed by atoms with Gasteiger partial charge >= 0.3 is 0 Å². The normalized spacial score (nSPS) is 16.3. The Bertz CT molecular complexity index is 944. The third-order valence-electron chi connectivity index (χ3n) is 4.76. The third-order valence-corrected chi connectivity index (χ3v) is 4.76. The Labute approximate surface area is 158 Å². The number of rotatable bonds is 5. The number of para-hydroxylation sites is 1. The molecule has 1 fully saturated rings. The van der Waals surface area contributed by atoms with Crippen LogP contribution < -0.4 is 16.0 Å². The van der Waals surface area contributed by atoms with Crippen molar-refractivity contribution in [3.63, 3.8) is 0 Å². The highest BCUT2D eigenvalue weighted by molar-refractivity contribution is 5.84. The average molecular weight is 359 g/mol. The van der Waals surface area contributed by atoms with Crippen LogP contribution in [0.15, 0.2) is 67.0 Å². The number of nitrogens with one attached hydrogen (secondary N) is 1. The molecular weight excluding hydrogens is 338 g/mol. The number of aromatic nitrogens is 2. The smallest absolute Gasteiger partial charge is 0.240 e. The van der Waals surface area contributed by atoms with Crippen molar-refractivity contribution in [2.75, 3.05) is 16.8 Å². The van der Waals surface area contributed by atoms with Gasteiger partial charge in [0.15, 0.2) is 0 Å². The van der Waals surface area contributed by atoms with Gasteiger partial charge in [-0.3, -0.25) is 4.79 Å². The summed E-state index contributed by atoms with van der Waals surface area (Å²) in [6.07, 6.45) is 5.27. The van der Waals surface area contributed by atoms with Crippen LogP contribution in [0.25, 0.3) is 11.1 Å². The van der Waals surface area contributed by atoms with Gasteiger partial charge in [0.1, 0.15) is 17.7 Å². The van der Waals surface area contributed by atoms with Crippen LogP contribution in [0.3, 0.4) is 0 Å². The molecule has 3 heterocycles. The molecule has 0 bridgehead atoms. The van der Waals surface area contributed by atoms with Crippen LogP contribution >= 0.6 is 0 Å². The molecule has 2 aromatic heterocycles. The van der Waals surface area contributed by atoms with E-state index in [-0.39, 0.29) is 11.9 Å². The Morgan fingerprint density at radius 1 is 1.04 bits per heavy atom. The van der Waals surface area contributed by atoms with Crippen LogP contribution in [0, 0.1) is 0 Å². The fourth-order valence-corrected chi connectivity index (χ4v) is 3.44. The topological polar surface area (TPSA) is 84.1 Å². The Balaban J connectivity index is 1.61. The lowest BCUT2D eigenvalue weighted by atomic mass is 10.1. The summed E-state index contributed by atoms with van der Waals surface area (Å²) in [7, 11) is 0. The second kappa shape index (κ2) is 7.45. The molecule has 1 saturated heterocycles. The lowest BCUT2D eigenvalue weighted by Crippen LogP contribution is -2.40. The van der Waals surface area contributed by atoms with Crippen LogP contribution in [-0.2, 0) is 4.79 Å². The van der Waals surface area contributed by atoms with Gasteiger partial charge in [-0.25, -0.2) is 9.97 Å². The standard InChI is InChI=1S/C21H21N5O/c22-21(27)18-7-4-12-26(18)20-14-16(9-11-24-20)15-8-10-23-19(13-15)25-17-5-2-1-3-6-17/h1-3,5-6,8-11,13-14,18H,4,7,12H2,(H2,22,27)(H,23,25)/t18-/m0/s1. The number of carbonyl (C=O) groups is 1. The minimum atomic E-state index is -0.294. The van der Waals surface area contributed by atoms with E-state index in [2.05, 4.69) is 15.3 Å². The second-order valence-corrected chi connectivity index (χ2v) is 6.58. The van der Waals surface area contributed by atoms with Crippen LogP contribution in [0.1, 0.15) is 12.8 Å². The van der Waals surface area contributed by atoms with Gasteiger partial charge in [0.25, 0.3) is 0 Å². The first-order valence-electron chi connectivity index (χ1n) is 9.01. The van der Waals surface area contributed by atoms with E-state index in [1.54, 1.807) is 12.4 Å². The molecule has 0 saturated carbocycles. The summed E-state index contributed by atoms with van der Waals surface area (Å²) >= 11 is 0. The van der Waals surface area contributed by atoms with Crippen molar-refractivity contribution in [2.45, 2.75) is 18.9 Å². The zero-order valence-corrected chi connectivity index (χ0v) is 14.9. The van der Waals surface area contributed by atoms with Crippen molar-refractivity contribution >= 4 is 23.2 Å². The first-order valence-corrected chi connectivity index (χ1v) is 9.01. The van der Waals surface area contributed by atoms with Crippen LogP contribution in [-0.4, -0.2) is 28.5 Å². The number of pyridine rings is 2. The maximum atomic E-state index is 11.7. The largest absolute Gasteiger partial charge is 0.368 e. The van der Waals surface area contributed by atoms with Gasteiger partial charge in [0, 0.05) is 24.6 Å². The first kappa shape index (κ1) is 17.0. The Morgan fingerprint density at radius 2 is 1.78 bits per heavy atom. The molecule has 3 N–H and O–H groups in total. The molecule has 6 nitrogen and oxygen atoms in total. The molecule has 3 aromatic rings. The molecule has 1 aromatic carbocycles. The van der Waals surface area contributed by atoms with Gasteiger partial charge in [-0.05, 0) is 60.4 Å². The number of anilines is 3. The van der Waals surface area contributed by atoms with Crippen molar-refractivity contribution < 1.29 is 4.79 Å². The number of hydrogen-bond donors (Lipinski definition) is 2. The average Bonchev–Trinajstić information content (AvgIpc) is 3.19. The van der Waals surface area contributed by atoms with Gasteiger partial charge in [0.2, 0.25) is 5.91 Å². The summed E-state index contributed by atoms with van der Waals surface area (Å²) in [5, 5.41) is 3.31. The Hall–Kier alpha value is -3.41. The highest BCUT2D eigenvalue weighted by atomic mass is 16.1. The predicted molar refractivity (Wildman–Crippen MR) is 107 cm³/mol. The molecule has 0 spiro atoms. The van der Waals surface area contributed by atoms with E-state index in [9.17, 15) is 4.79 Å².